The molecule has 0 spiro atoms. The predicted molar refractivity (Wildman–Crippen MR) is 111 cm³/mol. The van der Waals surface area contributed by atoms with Gasteiger partial charge in [0.2, 0.25) is 11.8 Å². The number of nitrogens with zero attached hydrogens (tertiary/aromatic N) is 2. The summed E-state index contributed by atoms with van der Waals surface area (Å²) < 4.78 is 0. The lowest BCUT2D eigenvalue weighted by atomic mass is 9.49. The number of hydrogen-bond acceptors (Lipinski definition) is 3. The Balaban J connectivity index is 1.40. The lowest BCUT2D eigenvalue weighted by Crippen LogP contribution is -2.55. The minimum atomic E-state index is -0.198. The summed E-state index contributed by atoms with van der Waals surface area (Å²) in [5.41, 5.74) is 0.689. The Morgan fingerprint density at radius 1 is 0.964 bits per heavy atom. The Kier molecular flexibility index (Phi) is 5.46. The van der Waals surface area contributed by atoms with Crippen molar-refractivity contribution in [3.05, 3.63) is 30.3 Å². The van der Waals surface area contributed by atoms with Crippen molar-refractivity contribution in [3.8, 4) is 0 Å². The van der Waals surface area contributed by atoms with Crippen LogP contribution in [0, 0.1) is 23.2 Å². The third kappa shape index (κ3) is 3.95. The molecular formula is C23H33N3O2. The maximum atomic E-state index is 13.1. The summed E-state index contributed by atoms with van der Waals surface area (Å²) in [4.78, 5) is 30.0. The molecule has 4 aliphatic carbocycles. The Morgan fingerprint density at radius 2 is 1.54 bits per heavy atom. The molecule has 4 saturated carbocycles. The zero-order valence-electron chi connectivity index (χ0n) is 17.2. The van der Waals surface area contributed by atoms with Gasteiger partial charge in [-0.15, -0.1) is 0 Å². The molecule has 0 heterocycles. The number of hydrogen-bond donors (Lipinski definition) is 1. The molecule has 152 valence electrons. The van der Waals surface area contributed by atoms with Crippen LogP contribution < -0.4 is 10.2 Å². The first-order valence-electron chi connectivity index (χ1n) is 10.7. The van der Waals surface area contributed by atoms with E-state index in [1.807, 2.05) is 44.4 Å². The Hall–Kier alpha value is -1.88. The molecule has 28 heavy (non-hydrogen) atoms. The highest BCUT2D eigenvalue weighted by molar-refractivity contribution is 5.97. The summed E-state index contributed by atoms with van der Waals surface area (Å²) in [6, 6.07) is 9.74. The van der Waals surface area contributed by atoms with E-state index in [9.17, 15) is 9.59 Å². The molecule has 1 aromatic carbocycles. The maximum absolute atomic E-state index is 13.1. The van der Waals surface area contributed by atoms with E-state index in [-0.39, 0.29) is 23.8 Å². The SMILES string of the molecule is CN(C)CCN(C(=O)CNC(=O)C12CC3CC(CC(C3)C1)C2)c1ccccc1. The van der Waals surface area contributed by atoms with Crippen LogP contribution in [-0.4, -0.2) is 50.4 Å². The van der Waals surface area contributed by atoms with Crippen LogP contribution in [0.25, 0.3) is 0 Å². The summed E-state index contributed by atoms with van der Waals surface area (Å²) >= 11 is 0. The van der Waals surface area contributed by atoms with Crippen LogP contribution in [0.1, 0.15) is 38.5 Å². The van der Waals surface area contributed by atoms with Gasteiger partial charge in [0.15, 0.2) is 0 Å². The number of amides is 2. The summed E-state index contributed by atoms with van der Waals surface area (Å²) in [5, 5.41) is 3.03. The predicted octanol–water partition coefficient (Wildman–Crippen LogP) is 2.91. The molecule has 0 saturated heterocycles. The molecule has 5 nitrogen and oxygen atoms in total. The van der Waals surface area contributed by atoms with E-state index in [4.69, 9.17) is 0 Å². The normalized spacial score (nSPS) is 30.5. The second kappa shape index (κ2) is 7.86. The van der Waals surface area contributed by atoms with Crippen LogP contribution in [0.4, 0.5) is 5.69 Å². The molecule has 0 aliphatic heterocycles. The lowest BCUT2D eigenvalue weighted by Gasteiger charge is -2.55. The molecule has 4 aliphatic rings. The minimum Gasteiger partial charge on any atom is -0.347 e. The minimum absolute atomic E-state index is 0.0360. The van der Waals surface area contributed by atoms with Gasteiger partial charge in [-0.25, -0.2) is 0 Å². The van der Waals surface area contributed by atoms with Crippen molar-refractivity contribution in [2.24, 2.45) is 23.2 Å². The molecule has 4 bridgehead atoms. The first-order chi connectivity index (χ1) is 13.4. The van der Waals surface area contributed by atoms with Crippen molar-refractivity contribution in [2.45, 2.75) is 38.5 Å². The van der Waals surface area contributed by atoms with Gasteiger partial charge in [0.25, 0.3) is 0 Å². The Bertz CT molecular complexity index is 681. The van der Waals surface area contributed by atoms with Gasteiger partial charge < -0.3 is 15.1 Å². The summed E-state index contributed by atoms with van der Waals surface area (Å²) in [6.07, 6.45) is 7.04. The van der Waals surface area contributed by atoms with Crippen LogP contribution in [0.5, 0.6) is 0 Å². The van der Waals surface area contributed by atoms with E-state index in [1.165, 1.54) is 19.3 Å². The van der Waals surface area contributed by atoms with Crippen molar-refractivity contribution < 1.29 is 9.59 Å². The van der Waals surface area contributed by atoms with Crippen LogP contribution in [-0.2, 0) is 9.59 Å². The molecule has 2 amide bonds. The number of nitrogens with one attached hydrogen (secondary N) is 1. The van der Waals surface area contributed by atoms with Crippen LogP contribution in [0.3, 0.4) is 0 Å². The molecule has 5 rings (SSSR count). The highest BCUT2D eigenvalue weighted by atomic mass is 16.2. The number of carbonyl (C=O) groups is 2. The smallest absolute Gasteiger partial charge is 0.246 e. The highest BCUT2D eigenvalue weighted by Gasteiger charge is 2.54. The van der Waals surface area contributed by atoms with Crippen molar-refractivity contribution in [1.29, 1.82) is 0 Å². The quantitative estimate of drug-likeness (QED) is 0.788. The van der Waals surface area contributed by atoms with Gasteiger partial charge in [0.05, 0.1) is 6.54 Å². The maximum Gasteiger partial charge on any atom is 0.246 e. The topological polar surface area (TPSA) is 52.6 Å². The fourth-order valence-corrected chi connectivity index (χ4v) is 6.13. The fourth-order valence-electron chi connectivity index (χ4n) is 6.13. The third-order valence-electron chi connectivity index (χ3n) is 7.06. The number of anilines is 1. The molecule has 1 aromatic rings. The van der Waals surface area contributed by atoms with Crippen LogP contribution in [0.15, 0.2) is 30.3 Å². The average Bonchev–Trinajstić information content (AvgIpc) is 2.65. The van der Waals surface area contributed by atoms with Gasteiger partial charge in [-0.1, -0.05) is 18.2 Å². The first kappa shape index (κ1) is 19.4. The number of carbonyl (C=O) groups excluding carboxylic acids is 2. The molecular weight excluding hydrogens is 350 g/mol. The van der Waals surface area contributed by atoms with Crippen molar-refractivity contribution in [3.63, 3.8) is 0 Å². The van der Waals surface area contributed by atoms with Gasteiger partial charge in [0.1, 0.15) is 0 Å². The first-order valence-corrected chi connectivity index (χ1v) is 10.7. The van der Waals surface area contributed by atoms with Gasteiger partial charge in [-0.2, -0.15) is 0 Å². The second-order valence-corrected chi connectivity index (χ2v) is 9.56. The number of likely N-dealkylation sites (N-methyl/N-ethyl adjacent to an activating group) is 1. The van der Waals surface area contributed by atoms with E-state index in [0.29, 0.717) is 6.54 Å². The van der Waals surface area contributed by atoms with E-state index in [0.717, 1.165) is 49.2 Å². The van der Waals surface area contributed by atoms with Crippen LogP contribution >= 0.6 is 0 Å². The fraction of sp³-hybridized carbons (Fsp3) is 0.652. The summed E-state index contributed by atoms with van der Waals surface area (Å²) in [5.74, 6) is 2.28. The van der Waals surface area contributed by atoms with E-state index in [1.54, 1.807) is 4.90 Å². The number of rotatable bonds is 7. The summed E-state index contributed by atoms with van der Waals surface area (Å²) in [6.45, 7) is 1.48. The average molecular weight is 384 g/mol. The Labute approximate surface area is 168 Å². The van der Waals surface area contributed by atoms with E-state index in [2.05, 4.69) is 10.2 Å². The van der Waals surface area contributed by atoms with E-state index >= 15 is 0 Å². The highest BCUT2D eigenvalue weighted by Crippen LogP contribution is 2.60. The zero-order valence-corrected chi connectivity index (χ0v) is 17.2. The van der Waals surface area contributed by atoms with Gasteiger partial charge in [-0.3, -0.25) is 9.59 Å². The largest absolute Gasteiger partial charge is 0.347 e. The summed E-state index contributed by atoms with van der Waals surface area (Å²) in [7, 11) is 4.00. The third-order valence-corrected chi connectivity index (χ3v) is 7.06. The molecule has 0 atom stereocenters. The number of para-hydroxylation sites is 1. The number of benzene rings is 1. The second-order valence-electron chi connectivity index (χ2n) is 9.56. The van der Waals surface area contributed by atoms with Gasteiger partial charge in [0, 0.05) is 24.2 Å². The van der Waals surface area contributed by atoms with Crippen molar-refractivity contribution in [2.75, 3.05) is 38.6 Å². The molecule has 4 fully saturated rings. The molecule has 0 unspecified atom stereocenters. The van der Waals surface area contributed by atoms with Gasteiger partial charge in [-0.05, 0) is 82.5 Å². The molecule has 1 N–H and O–H groups in total. The Morgan fingerprint density at radius 3 is 2.07 bits per heavy atom. The molecule has 5 heteroatoms. The monoisotopic (exact) mass is 383 g/mol. The van der Waals surface area contributed by atoms with Gasteiger partial charge >= 0.3 is 0 Å². The van der Waals surface area contributed by atoms with Crippen molar-refractivity contribution >= 4 is 17.5 Å². The molecule has 0 aromatic heterocycles. The molecule has 0 radical (unpaired) electrons. The van der Waals surface area contributed by atoms with Crippen LogP contribution in [0.2, 0.25) is 0 Å². The van der Waals surface area contributed by atoms with Crippen molar-refractivity contribution in [1.82, 2.24) is 10.2 Å². The zero-order chi connectivity index (χ0) is 19.7. The van der Waals surface area contributed by atoms with E-state index < -0.39 is 0 Å². The standard InChI is InChI=1S/C23H33N3O2/c1-25(2)8-9-26(20-6-4-3-5-7-20)21(27)16-24-22(28)23-13-17-10-18(14-23)12-19(11-17)15-23/h3-7,17-19H,8-16H2,1-2H3,(H,24,28). The lowest BCUT2D eigenvalue weighted by molar-refractivity contribution is -0.147.